The quantitative estimate of drug-likeness (QED) is 0.810. The smallest absolute Gasteiger partial charge is 0.253 e. The number of hydrogen-bond donors (Lipinski definition) is 1. The van der Waals surface area contributed by atoms with Crippen LogP contribution in [-0.4, -0.2) is 55.8 Å². The van der Waals surface area contributed by atoms with Gasteiger partial charge in [0.2, 0.25) is 5.91 Å². The summed E-state index contributed by atoms with van der Waals surface area (Å²) in [6.45, 7) is 1.74. The van der Waals surface area contributed by atoms with E-state index in [1.54, 1.807) is 0 Å². The van der Waals surface area contributed by atoms with Crippen molar-refractivity contribution in [2.24, 2.45) is 0 Å². The lowest BCUT2D eigenvalue weighted by molar-refractivity contribution is -0.132. The van der Waals surface area contributed by atoms with Crippen LogP contribution < -0.4 is 5.32 Å². The minimum Gasteiger partial charge on any atom is -0.340 e. The van der Waals surface area contributed by atoms with E-state index in [4.69, 9.17) is 0 Å². The second kappa shape index (κ2) is 6.96. The van der Waals surface area contributed by atoms with Crippen molar-refractivity contribution in [2.75, 3.05) is 24.6 Å². The Morgan fingerprint density at radius 3 is 2.52 bits per heavy atom. The molecule has 0 radical (unpaired) electrons. The molecule has 1 aromatic carbocycles. The van der Waals surface area contributed by atoms with Gasteiger partial charge >= 0.3 is 0 Å². The fourth-order valence-electron chi connectivity index (χ4n) is 2.21. The topological polar surface area (TPSA) is 83.6 Å². The van der Waals surface area contributed by atoms with Crippen LogP contribution in [0.15, 0.2) is 22.7 Å². The second-order valence-corrected chi connectivity index (χ2v) is 8.45. The number of nitrogens with zero attached hydrogens (tertiary/aromatic N) is 1. The number of sulfone groups is 1. The van der Waals surface area contributed by atoms with E-state index >= 15 is 0 Å². The monoisotopic (exact) mass is 406 g/mol. The molecule has 2 rings (SSSR count). The molecule has 1 unspecified atom stereocenters. The summed E-state index contributed by atoms with van der Waals surface area (Å²) in [4.78, 5) is 25.8. The van der Waals surface area contributed by atoms with Crippen molar-refractivity contribution in [2.45, 2.75) is 13.0 Å². The number of rotatable bonds is 3. The van der Waals surface area contributed by atoms with Crippen molar-refractivity contribution in [1.82, 2.24) is 10.2 Å². The van der Waals surface area contributed by atoms with Gasteiger partial charge < -0.3 is 10.2 Å². The SMILES string of the molecule is CC(NC(=O)c1cc(F)ccc1Br)C(=O)N1CCS(=O)(=O)CC1. The molecule has 0 bridgehead atoms. The van der Waals surface area contributed by atoms with Crippen LogP contribution in [0.25, 0.3) is 0 Å². The maximum atomic E-state index is 13.2. The van der Waals surface area contributed by atoms with Crippen LogP contribution in [0, 0.1) is 5.82 Å². The predicted octanol–water partition coefficient (Wildman–Crippen LogP) is 0.964. The van der Waals surface area contributed by atoms with E-state index in [2.05, 4.69) is 21.2 Å². The van der Waals surface area contributed by atoms with Gasteiger partial charge in [0.15, 0.2) is 9.84 Å². The largest absolute Gasteiger partial charge is 0.340 e. The van der Waals surface area contributed by atoms with Gasteiger partial charge in [-0.05, 0) is 41.1 Å². The average Bonchev–Trinajstić information content (AvgIpc) is 2.48. The standard InChI is InChI=1S/C14H16BrFN2O4S/c1-9(14(20)18-4-6-23(21,22)7-5-18)17-13(19)11-8-10(16)2-3-12(11)15/h2-3,8-9H,4-7H2,1H3,(H,17,19). The maximum Gasteiger partial charge on any atom is 0.253 e. The number of benzene rings is 1. The number of carbonyl (C=O) groups excluding carboxylic acids is 2. The summed E-state index contributed by atoms with van der Waals surface area (Å²) >= 11 is 3.16. The Bertz CT molecular complexity index is 724. The first-order valence-electron chi connectivity index (χ1n) is 6.95. The van der Waals surface area contributed by atoms with Crippen molar-refractivity contribution < 1.29 is 22.4 Å². The third kappa shape index (κ3) is 4.51. The first-order valence-corrected chi connectivity index (χ1v) is 9.56. The third-order valence-electron chi connectivity index (χ3n) is 3.55. The predicted molar refractivity (Wildman–Crippen MR) is 86.3 cm³/mol. The van der Waals surface area contributed by atoms with Crippen molar-refractivity contribution in [3.05, 3.63) is 34.1 Å². The summed E-state index contributed by atoms with van der Waals surface area (Å²) in [7, 11) is -3.08. The molecule has 6 nitrogen and oxygen atoms in total. The van der Waals surface area contributed by atoms with Crippen molar-refractivity contribution in [1.29, 1.82) is 0 Å². The lowest BCUT2D eigenvalue weighted by Gasteiger charge is -2.29. The van der Waals surface area contributed by atoms with Gasteiger partial charge in [-0.1, -0.05) is 0 Å². The summed E-state index contributed by atoms with van der Waals surface area (Å²) in [6.07, 6.45) is 0. The Balaban J connectivity index is 2.01. The van der Waals surface area contributed by atoms with Crippen LogP contribution in [0.5, 0.6) is 0 Å². The third-order valence-corrected chi connectivity index (χ3v) is 5.85. The van der Waals surface area contributed by atoms with E-state index in [-0.39, 0.29) is 36.1 Å². The lowest BCUT2D eigenvalue weighted by Crippen LogP contribution is -2.51. The molecule has 0 aromatic heterocycles. The minimum atomic E-state index is -3.08. The Morgan fingerprint density at radius 1 is 1.30 bits per heavy atom. The maximum absolute atomic E-state index is 13.2. The highest BCUT2D eigenvalue weighted by atomic mass is 79.9. The van der Waals surface area contributed by atoms with Crippen LogP contribution in [0.1, 0.15) is 17.3 Å². The zero-order valence-electron chi connectivity index (χ0n) is 12.4. The first-order chi connectivity index (χ1) is 10.7. The molecule has 1 heterocycles. The van der Waals surface area contributed by atoms with E-state index in [1.807, 2.05) is 0 Å². The number of amides is 2. The lowest BCUT2D eigenvalue weighted by atomic mass is 10.2. The summed E-state index contributed by atoms with van der Waals surface area (Å²) in [5.41, 5.74) is 0.0888. The Hall–Kier alpha value is -1.48. The van der Waals surface area contributed by atoms with Gasteiger partial charge in [-0.15, -0.1) is 0 Å². The number of nitrogens with one attached hydrogen (secondary N) is 1. The molecule has 1 aliphatic heterocycles. The van der Waals surface area contributed by atoms with Crippen LogP contribution in [-0.2, 0) is 14.6 Å². The molecule has 1 atom stereocenters. The molecular weight excluding hydrogens is 391 g/mol. The first kappa shape index (κ1) is 17.9. The molecule has 0 spiro atoms. The number of hydrogen-bond acceptors (Lipinski definition) is 4. The summed E-state index contributed by atoms with van der Waals surface area (Å²) in [5.74, 6) is -1.65. The molecule has 9 heteroatoms. The molecule has 1 saturated heterocycles. The van der Waals surface area contributed by atoms with Crippen molar-refractivity contribution in [3.63, 3.8) is 0 Å². The van der Waals surface area contributed by atoms with Crippen molar-refractivity contribution in [3.8, 4) is 0 Å². The van der Waals surface area contributed by atoms with Crippen LogP contribution in [0.3, 0.4) is 0 Å². The molecule has 1 fully saturated rings. The molecule has 1 N–H and O–H groups in total. The van der Waals surface area contributed by atoms with Gasteiger partial charge in [0.25, 0.3) is 5.91 Å². The average molecular weight is 407 g/mol. The molecular formula is C14H16BrFN2O4S. The molecule has 2 amide bonds. The second-order valence-electron chi connectivity index (χ2n) is 5.30. The highest BCUT2D eigenvalue weighted by Gasteiger charge is 2.28. The summed E-state index contributed by atoms with van der Waals surface area (Å²) in [6, 6.07) is 2.86. The summed E-state index contributed by atoms with van der Waals surface area (Å²) < 4.78 is 36.4. The van der Waals surface area contributed by atoms with E-state index in [1.165, 1.54) is 24.0 Å². The van der Waals surface area contributed by atoms with Gasteiger partial charge in [-0.25, -0.2) is 12.8 Å². The van der Waals surface area contributed by atoms with Gasteiger partial charge in [-0.2, -0.15) is 0 Å². The molecule has 0 saturated carbocycles. The number of halogens is 2. The highest BCUT2D eigenvalue weighted by molar-refractivity contribution is 9.10. The summed E-state index contributed by atoms with van der Waals surface area (Å²) in [5, 5.41) is 2.51. The zero-order valence-corrected chi connectivity index (χ0v) is 14.8. The van der Waals surface area contributed by atoms with Gasteiger partial charge in [-0.3, -0.25) is 9.59 Å². The zero-order chi connectivity index (χ0) is 17.2. The Labute approximate surface area is 142 Å². The molecule has 23 heavy (non-hydrogen) atoms. The highest BCUT2D eigenvalue weighted by Crippen LogP contribution is 2.18. The Kier molecular flexibility index (Phi) is 5.41. The Morgan fingerprint density at radius 2 is 1.91 bits per heavy atom. The molecule has 0 aliphatic carbocycles. The van der Waals surface area contributed by atoms with Gasteiger partial charge in [0.1, 0.15) is 11.9 Å². The van der Waals surface area contributed by atoms with Gasteiger partial charge in [0.05, 0.1) is 17.1 Å². The van der Waals surface area contributed by atoms with E-state index in [9.17, 15) is 22.4 Å². The molecule has 1 aromatic rings. The molecule has 126 valence electrons. The van der Waals surface area contributed by atoms with Crippen molar-refractivity contribution >= 4 is 37.6 Å². The number of carbonyl (C=O) groups is 2. The minimum absolute atomic E-state index is 0.0746. The van der Waals surface area contributed by atoms with E-state index in [0.29, 0.717) is 4.47 Å². The van der Waals surface area contributed by atoms with Crippen LogP contribution in [0.2, 0.25) is 0 Å². The fourth-order valence-corrected chi connectivity index (χ4v) is 3.84. The van der Waals surface area contributed by atoms with Gasteiger partial charge in [0, 0.05) is 17.6 Å². The molecule has 1 aliphatic rings. The van der Waals surface area contributed by atoms with E-state index in [0.717, 1.165) is 6.07 Å². The van der Waals surface area contributed by atoms with Crippen LogP contribution >= 0.6 is 15.9 Å². The fraction of sp³-hybridized carbons (Fsp3) is 0.429. The van der Waals surface area contributed by atoms with Crippen LogP contribution in [0.4, 0.5) is 4.39 Å². The van der Waals surface area contributed by atoms with E-state index < -0.39 is 27.6 Å². The normalized spacial score (nSPS) is 18.3.